The molecule has 4 N–H and O–H groups in total. The lowest BCUT2D eigenvalue weighted by Crippen LogP contribution is -2.45. The number of nitrogens with zero attached hydrogens (tertiary/aromatic N) is 2. The number of hydrogen-bond donors (Lipinski definition) is 4. The predicted octanol–water partition coefficient (Wildman–Crippen LogP) is 4.51. The van der Waals surface area contributed by atoms with Crippen LogP contribution in [0.15, 0.2) is 89.7 Å². The summed E-state index contributed by atoms with van der Waals surface area (Å²) in [6, 6.07) is 27.9. The van der Waals surface area contributed by atoms with E-state index in [0.29, 0.717) is 6.54 Å². The van der Waals surface area contributed by atoms with E-state index in [1.54, 1.807) is 21.0 Å². The van der Waals surface area contributed by atoms with Gasteiger partial charge in [-0.05, 0) is 41.8 Å². The molecule has 1 unspecified atom stereocenters. The number of rotatable bonds is 15. The van der Waals surface area contributed by atoms with E-state index >= 15 is 0 Å². The van der Waals surface area contributed by atoms with Crippen molar-refractivity contribution >= 4 is 34.6 Å². The maximum atomic E-state index is 13.9. The molecular weight excluding hydrogens is 624 g/mol. The first-order valence-electron chi connectivity index (χ1n) is 16.0. The third kappa shape index (κ3) is 7.76. The minimum Gasteiger partial charge on any atom is -0.497 e. The molecule has 0 saturated carbocycles. The highest BCUT2D eigenvalue weighted by Crippen LogP contribution is 2.37. The van der Waals surface area contributed by atoms with Crippen molar-refractivity contribution in [2.24, 2.45) is 11.8 Å². The summed E-state index contributed by atoms with van der Waals surface area (Å²) in [5.74, 6) is -1.49. The fraction of sp³-hybridized carbons (Fsp3) is 0.297. The van der Waals surface area contributed by atoms with Crippen molar-refractivity contribution in [3.63, 3.8) is 0 Å². The van der Waals surface area contributed by atoms with Crippen LogP contribution in [0.4, 0.5) is 5.95 Å². The molecule has 2 heterocycles. The molecule has 12 nitrogen and oxygen atoms in total. The molecule has 0 aliphatic carbocycles. The monoisotopic (exact) mass is 664 g/mol. The van der Waals surface area contributed by atoms with E-state index in [1.807, 2.05) is 60.7 Å². The summed E-state index contributed by atoms with van der Waals surface area (Å²) < 4.78 is 10.4. The number of carbonyl (C=O) groups is 3. The molecule has 49 heavy (non-hydrogen) atoms. The molecule has 12 heteroatoms. The van der Waals surface area contributed by atoms with Crippen LogP contribution in [0.1, 0.15) is 49.1 Å². The van der Waals surface area contributed by atoms with Crippen molar-refractivity contribution < 1.29 is 23.9 Å². The Kier molecular flexibility index (Phi) is 11.0. The molecule has 0 radical (unpaired) electrons. The van der Waals surface area contributed by atoms with Gasteiger partial charge in [-0.1, -0.05) is 86.6 Å². The highest BCUT2D eigenvalue weighted by molar-refractivity contribution is 5.92. The number of H-pyrrole nitrogens is 2. The van der Waals surface area contributed by atoms with Crippen molar-refractivity contribution in [1.29, 1.82) is 0 Å². The molecule has 5 rings (SSSR count). The number of fused-ring (bicyclic) bond motifs is 1. The number of amides is 1. The zero-order valence-electron chi connectivity index (χ0n) is 27.9. The molecule has 3 aromatic carbocycles. The van der Waals surface area contributed by atoms with Crippen LogP contribution in [0.5, 0.6) is 5.75 Å². The fourth-order valence-corrected chi connectivity index (χ4v) is 5.88. The van der Waals surface area contributed by atoms with Gasteiger partial charge in [0, 0.05) is 18.3 Å². The van der Waals surface area contributed by atoms with E-state index in [0.717, 1.165) is 22.4 Å². The third-order valence-corrected chi connectivity index (χ3v) is 8.53. The van der Waals surface area contributed by atoms with Gasteiger partial charge >= 0.3 is 5.97 Å². The predicted molar refractivity (Wildman–Crippen MR) is 185 cm³/mol. The van der Waals surface area contributed by atoms with Gasteiger partial charge in [-0.25, -0.2) is 0 Å². The lowest BCUT2D eigenvalue weighted by molar-refractivity contribution is -0.143. The first-order chi connectivity index (χ1) is 23.7. The maximum absolute atomic E-state index is 13.9. The minimum absolute atomic E-state index is 0.0348. The molecule has 0 saturated heterocycles. The summed E-state index contributed by atoms with van der Waals surface area (Å²) in [5.41, 5.74) is 1.90. The summed E-state index contributed by atoms with van der Waals surface area (Å²) in [6.45, 7) is 3.77. The fourth-order valence-electron chi connectivity index (χ4n) is 5.88. The summed E-state index contributed by atoms with van der Waals surface area (Å²) in [5, 5.41) is 13.3. The average Bonchev–Trinajstić information content (AvgIpc) is 3.53. The van der Waals surface area contributed by atoms with Crippen LogP contribution < -0.4 is 20.9 Å². The topological polar surface area (TPSA) is 168 Å². The van der Waals surface area contributed by atoms with E-state index in [1.165, 1.54) is 7.11 Å². The Hall–Kier alpha value is -5.62. The maximum Gasteiger partial charge on any atom is 0.306 e. The number of methoxy groups -OCH3 is 2. The molecule has 5 aromatic rings. The van der Waals surface area contributed by atoms with Crippen molar-refractivity contribution in [2.75, 3.05) is 26.1 Å². The number of aromatic amines is 2. The van der Waals surface area contributed by atoms with Crippen LogP contribution >= 0.6 is 0 Å². The number of Topliss-reactive ketones (excluding diaryl/α,β-unsaturated/α-hetero) is 1. The number of hydrogen-bond acceptors (Lipinski definition) is 9. The van der Waals surface area contributed by atoms with Gasteiger partial charge in [-0.3, -0.25) is 39.9 Å². The largest absolute Gasteiger partial charge is 0.497 e. The number of carbonyl (C=O) groups excluding carboxylic acids is 3. The molecule has 1 amide bonds. The Labute approximate surface area is 283 Å². The van der Waals surface area contributed by atoms with Gasteiger partial charge in [0.05, 0.1) is 31.9 Å². The Morgan fingerprint density at radius 1 is 0.878 bits per heavy atom. The smallest absolute Gasteiger partial charge is 0.306 e. The Morgan fingerprint density at radius 2 is 1.49 bits per heavy atom. The van der Waals surface area contributed by atoms with E-state index in [9.17, 15) is 19.2 Å². The molecule has 2 aromatic heterocycles. The van der Waals surface area contributed by atoms with Crippen molar-refractivity contribution in [1.82, 2.24) is 25.5 Å². The number of benzene rings is 3. The molecule has 0 spiro atoms. The van der Waals surface area contributed by atoms with Gasteiger partial charge in [-0.15, -0.1) is 0 Å². The summed E-state index contributed by atoms with van der Waals surface area (Å²) in [6.07, 6.45) is -0.0472. The van der Waals surface area contributed by atoms with Gasteiger partial charge in [0.1, 0.15) is 16.9 Å². The SMILES string of the molecule is COC(=O)CC(CCNC(c1ccccc1)(c1ccccc1)c1ccc(OC)cc1)C(=O)Cc1[nH]nc2nc(NC(=O)C(C)C)[nH]c(=O)c12. The normalized spacial score (nSPS) is 12.1. The second-order valence-corrected chi connectivity index (χ2v) is 12.0. The highest BCUT2D eigenvalue weighted by Gasteiger charge is 2.36. The number of ether oxygens (including phenoxy) is 2. The number of ketones is 1. The van der Waals surface area contributed by atoms with Gasteiger partial charge in [0.2, 0.25) is 11.9 Å². The van der Waals surface area contributed by atoms with Gasteiger partial charge < -0.3 is 9.47 Å². The van der Waals surface area contributed by atoms with Crippen LogP contribution in [0.25, 0.3) is 11.0 Å². The molecule has 0 fully saturated rings. The molecule has 0 bridgehead atoms. The van der Waals surface area contributed by atoms with Gasteiger partial charge in [0.25, 0.3) is 5.56 Å². The minimum atomic E-state index is -0.811. The van der Waals surface area contributed by atoms with Crippen LogP contribution in [0, 0.1) is 11.8 Å². The van der Waals surface area contributed by atoms with Crippen molar-refractivity contribution in [3.8, 4) is 5.75 Å². The van der Waals surface area contributed by atoms with Gasteiger partial charge in [0.15, 0.2) is 5.65 Å². The van der Waals surface area contributed by atoms with Crippen molar-refractivity contribution in [2.45, 2.75) is 38.6 Å². The zero-order chi connectivity index (χ0) is 35.0. The second kappa shape index (κ2) is 15.5. The lowest BCUT2D eigenvalue weighted by Gasteiger charge is -2.37. The van der Waals surface area contributed by atoms with Crippen LogP contribution in [0.2, 0.25) is 0 Å². The van der Waals surface area contributed by atoms with Crippen LogP contribution in [-0.4, -0.2) is 58.6 Å². The quantitative estimate of drug-likeness (QED) is 0.0930. The van der Waals surface area contributed by atoms with E-state index in [-0.39, 0.29) is 59.5 Å². The summed E-state index contributed by atoms with van der Waals surface area (Å²) >= 11 is 0. The van der Waals surface area contributed by atoms with Crippen LogP contribution in [-0.2, 0) is 31.1 Å². The standard InChI is InChI=1S/C37H40N6O6/c1-23(2)34(46)40-36-39-33-32(35(47)41-36)29(42-43-33)22-30(44)24(21-31(45)49-4)19-20-38-37(25-11-7-5-8-12-25,26-13-9-6-10-14-26)27-15-17-28(48-3)18-16-27/h5-18,23-24,38H,19-22H2,1-4H3,(H3,39,40,41,42,43,46,47). The first-order valence-corrected chi connectivity index (χ1v) is 16.0. The Bertz CT molecular complexity index is 1920. The van der Waals surface area contributed by atoms with E-state index in [2.05, 4.69) is 55.1 Å². The Balaban J connectivity index is 1.43. The van der Waals surface area contributed by atoms with E-state index < -0.39 is 23.0 Å². The number of anilines is 1. The van der Waals surface area contributed by atoms with Crippen molar-refractivity contribution in [3.05, 3.63) is 118 Å². The Morgan fingerprint density at radius 3 is 2.06 bits per heavy atom. The summed E-state index contributed by atoms with van der Waals surface area (Å²) in [4.78, 5) is 58.3. The number of nitrogens with one attached hydrogen (secondary N) is 4. The molecular formula is C37H40N6O6. The number of esters is 1. The van der Waals surface area contributed by atoms with E-state index in [4.69, 9.17) is 9.47 Å². The molecule has 0 aliphatic heterocycles. The lowest BCUT2D eigenvalue weighted by atomic mass is 9.76. The third-order valence-electron chi connectivity index (χ3n) is 8.53. The average molecular weight is 665 g/mol. The van der Waals surface area contributed by atoms with Gasteiger partial charge in [-0.2, -0.15) is 10.1 Å². The summed E-state index contributed by atoms with van der Waals surface area (Å²) in [7, 11) is 2.90. The highest BCUT2D eigenvalue weighted by atomic mass is 16.5. The molecule has 254 valence electrons. The van der Waals surface area contributed by atoms with Crippen LogP contribution in [0.3, 0.4) is 0 Å². The molecule has 1 atom stereocenters. The molecule has 0 aliphatic rings. The zero-order valence-corrected chi connectivity index (χ0v) is 27.9. The first kappa shape index (κ1) is 34.7. The second-order valence-electron chi connectivity index (χ2n) is 12.0. The number of aromatic nitrogens is 4.